The fraction of sp³-hybridized carbons (Fsp3) is 0.333. The molecule has 0 amide bonds. The summed E-state index contributed by atoms with van der Waals surface area (Å²) in [5.74, 6) is 1.07. The molecule has 3 rings (SSSR count). The molecule has 0 bridgehead atoms. The molecule has 2 N–H and O–H groups in total. The van der Waals surface area contributed by atoms with Crippen LogP contribution < -0.4 is 15.0 Å². The van der Waals surface area contributed by atoms with Crippen LogP contribution in [0.15, 0.2) is 70.7 Å². The van der Waals surface area contributed by atoms with Crippen molar-refractivity contribution in [1.29, 1.82) is 0 Å². The number of aryl methyl sites for hydroxylation is 1. The van der Waals surface area contributed by atoms with Crippen LogP contribution in [0.1, 0.15) is 50.4 Å². The average Bonchev–Trinajstić information content (AvgIpc) is 2.91. The maximum absolute atomic E-state index is 13.3. The van der Waals surface area contributed by atoms with Crippen LogP contribution in [0.25, 0.3) is 11.1 Å². The van der Waals surface area contributed by atoms with Gasteiger partial charge in [-0.2, -0.15) is 0 Å². The third-order valence-electron chi connectivity index (χ3n) is 6.55. The van der Waals surface area contributed by atoms with E-state index in [0.29, 0.717) is 40.5 Å². The molecule has 196 valence electrons. The number of nitrogens with one attached hydrogen (secondary N) is 1. The minimum Gasteiger partial charge on any atom is -0.506 e. The molecule has 0 spiro atoms. The lowest BCUT2D eigenvalue weighted by Crippen LogP contribution is -2.27. The first-order valence-electron chi connectivity index (χ1n) is 12.3. The van der Waals surface area contributed by atoms with Gasteiger partial charge in [0, 0.05) is 18.2 Å². The van der Waals surface area contributed by atoms with Gasteiger partial charge >= 0.3 is 0 Å². The third kappa shape index (κ3) is 5.56. The summed E-state index contributed by atoms with van der Waals surface area (Å²) in [5, 5.41) is 11.7. The first-order valence-corrected chi connectivity index (χ1v) is 12.3. The largest absolute Gasteiger partial charge is 0.506 e. The van der Waals surface area contributed by atoms with Gasteiger partial charge < -0.3 is 24.3 Å². The number of benzene rings is 2. The standard InChI is InChI=1S/C30H36N2O5/c1-8-9-16-21-24(25-22(35-6)17-13-18-23(25)36-7)27(33)26(28(34)32-21)29(31-5)37-19(2)30(3,4)20-14-11-10-12-15-20/h10-15,17-18H,2,8-9,16H2,1,3-7H3,(H2,32,33,34). The van der Waals surface area contributed by atoms with Crippen LogP contribution in [0.5, 0.6) is 17.2 Å². The van der Waals surface area contributed by atoms with Crippen molar-refractivity contribution in [2.45, 2.75) is 45.4 Å². The van der Waals surface area contributed by atoms with Gasteiger partial charge in [-0.15, -0.1) is 0 Å². The topological polar surface area (TPSA) is 93.1 Å². The summed E-state index contributed by atoms with van der Waals surface area (Å²) >= 11 is 0. The number of unbranched alkanes of at least 4 members (excludes halogenated alkanes) is 1. The van der Waals surface area contributed by atoms with E-state index in [-0.39, 0.29) is 17.2 Å². The molecule has 0 aliphatic rings. The number of rotatable bonds is 10. The molecule has 1 heterocycles. The van der Waals surface area contributed by atoms with E-state index in [1.807, 2.05) is 44.2 Å². The molecule has 7 heteroatoms. The van der Waals surface area contributed by atoms with Crippen molar-refractivity contribution < 1.29 is 19.3 Å². The molecule has 0 fully saturated rings. The molecule has 0 saturated heterocycles. The molecule has 0 aliphatic carbocycles. The third-order valence-corrected chi connectivity index (χ3v) is 6.55. The van der Waals surface area contributed by atoms with Gasteiger partial charge in [0.1, 0.15) is 28.6 Å². The minimum atomic E-state index is -0.588. The predicted octanol–water partition coefficient (Wildman–Crippen LogP) is 5.99. The number of allylic oxidation sites excluding steroid dienone is 1. The summed E-state index contributed by atoms with van der Waals surface area (Å²) in [6, 6.07) is 15.1. The Hall–Kier alpha value is -4.00. The molecule has 2 aromatic carbocycles. The summed E-state index contributed by atoms with van der Waals surface area (Å²) in [7, 11) is 4.60. The van der Waals surface area contributed by atoms with Crippen LogP contribution in [0, 0.1) is 0 Å². The molecule has 1 aromatic heterocycles. The monoisotopic (exact) mass is 504 g/mol. The molecular formula is C30H36N2O5. The highest BCUT2D eigenvalue weighted by molar-refractivity contribution is 6.00. The van der Waals surface area contributed by atoms with Gasteiger partial charge in [-0.05, 0) is 44.4 Å². The van der Waals surface area contributed by atoms with E-state index >= 15 is 0 Å². The molecule has 0 atom stereocenters. The smallest absolute Gasteiger partial charge is 0.264 e. The lowest BCUT2D eigenvalue weighted by atomic mass is 9.83. The number of hydrogen-bond donors (Lipinski definition) is 2. The fourth-order valence-corrected chi connectivity index (χ4v) is 4.21. The number of aliphatic imine (C=N–C) groups is 1. The summed E-state index contributed by atoms with van der Waals surface area (Å²) in [4.78, 5) is 20.5. The zero-order chi connectivity index (χ0) is 27.2. The van der Waals surface area contributed by atoms with Crippen LogP contribution in [-0.2, 0) is 16.6 Å². The van der Waals surface area contributed by atoms with Gasteiger partial charge in [-0.3, -0.25) is 9.79 Å². The Bertz CT molecular complexity index is 1320. The van der Waals surface area contributed by atoms with Gasteiger partial charge in [0.05, 0.1) is 25.3 Å². The van der Waals surface area contributed by atoms with Crippen LogP contribution in [0.2, 0.25) is 0 Å². The number of aromatic nitrogens is 1. The highest BCUT2D eigenvalue weighted by atomic mass is 16.5. The quantitative estimate of drug-likeness (QED) is 0.201. The van der Waals surface area contributed by atoms with Crippen LogP contribution in [-0.4, -0.2) is 37.3 Å². The number of aromatic hydroxyl groups is 1. The molecular weight excluding hydrogens is 468 g/mol. The van der Waals surface area contributed by atoms with Gasteiger partial charge in [0.2, 0.25) is 5.90 Å². The highest BCUT2D eigenvalue weighted by Crippen LogP contribution is 2.45. The Morgan fingerprint density at radius 3 is 2.19 bits per heavy atom. The Kier molecular flexibility index (Phi) is 8.81. The first kappa shape index (κ1) is 27.6. The van der Waals surface area contributed by atoms with Crippen LogP contribution >= 0.6 is 0 Å². The Labute approximate surface area is 218 Å². The second-order valence-electron chi connectivity index (χ2n) is 9.22. The van der Waals surface area contributed by atoms with Crippen molar-refractivity contribution >= 4 is 5.90 Å². The number of pyridine rings is 1. The Balaban J connectivity index is 2.20. The highest BCUT2D eigenvalue weighted by Gasteiger charge is 2.31. The maximum atomic E-state index is 13.3. The second kappa shape index (κ2) is 11.8. The summed E-state index contributed by atoms with van der Waals surface area (Å²) in [5.41, 5.74) is 1.33. The summed E-state index contributed by atoms with van der Waals surface area (Å²) in [6.45, 7) is 10.1. The zero-order valence-electron chi connectivity index (χ0n) is 22.5. The number of methoxy groups -OCH3 is 2. The van der Waals surface area contributed by atoms with Crippen molar-refractivity contribution in [2.24, 2.45) is 4.99 Å². The Morgan fingerprint density at radius 2 is 1.65 bits per heavy atom. The van der Waals surface area contributed by atoms with E-state index in [2.05, 4.69) is 23.5 Å². The first-order chi connectivity index (χ1) is 17.7. The van der Waals surface area contributed by atoms with Crippen molar-refractivity contribution in [1.82, 2.24) is 4.98 Å². The number of aromatic amines is 1. The lowest BCUT2D eigenvalue weighted by Gasteiger charge is -2.28. The van der Waals surface area contributed by atoms with Crippen molar-refractivity contribution in [3.63, 3.8) is 0 Å². The normalized spacial score (nSPS) is 11.8. The van der Waals surface area contributed by atoms with E-state index in [1.54, 1.807) is 32.4 Å². The van der Waals surface area contributed by atoms with E-state index in [4.69, 9.17) is 14.2 Å². The molecule has 3 aromatic rings. The van der Waals surface area contributed by atoms with Gasteiger partial charge in [0.25, 0.3) is 5.56 Å². The lowest BCUT2D eigenvalue weighted by molar-refractivity contribution is 0.329. The van der Waals surface area contributed by atoms with Gasteiger partial charge in [-0.25, -0.2) is 0 Å². The van der Waals surface area contributed by atoms with Crippen molar-refractivity contribution in [3.8, 4) is 28.4 Å². The Morgan fingerprint density at radius 1 is 1.03 bits per heavy atom. The maximum Gasteiger partial charge on any atom is 0.264 e. The minimum absolute atomic E-state index is 0.0371. The van der Waals surface area contributed by atoms with Crippen LogP contribution in [0.3, 0.4) is 0 Å². The molecule has 0 unspecified atom stereocenters. The van der Waals surface area contributed by atoms with Gasteiger partial charge in [-0.1, -0.05) is 56.3 Å². The number of ether oxygens (including phenoxy) is 3. The fourth-order valence-electron chi connectivity index (χ4n) is 4.21. The molecule has 7 nitrogen and oxygen atoms in total. The molecule has 0 saturated carbocycles. The molecule has 37 heavy (non-hydrogen) atoms. The summed E-state index contributed by atoms with van der Waals surface area (Å²) < 4.78 is 17.3. The predicted molar refractivity (Wildman–Crippen MR) is 148 cm³/mol. The second-order valence-corrected chi connectivity index (χ2v) is 9.22. The zero-order valence-corrected chi connectivity index (χ0v) is 22.5. The van der Waals surface area contributed by atoms with E-state index in [1.165, 1.54) is 7.05 Å². The van der Waals surface area contributed by atoms with Gasteiger partial charge in [0.15, 0.2) is 0 Å². The number of H-pyrrole nitrogens is 1. The van der Waals surface area contributed by atoms with E-state index < -0.39 is 11.0 Å². The van der Waals surface area contributed by atoms with E-state index in [0.717, 1.165) is 18.4 Å². The van der Waals surface area contributed by atoms with Crippen LogP contribution in [0.4, 0.5) is 0 Å². The SMILES string of the molecule is C=C(OC(=NC)c1c(O)c(-c2c(OC)cccc2OC)c(CCCC)[nH]c1=O)C(C)(C)c1ccccc1. The average molecular weight is 505 g/mol. The molecule has 0 radical (unpaired) electrons. The molecule has 0 aliphatic heterocycles. The van der Waals surface area contributed by atoms with E-state index in [9.17, 15) is 9.90 Å². The van der Waals surface area contributed by atoms with Crippen molar-refractivity contribution in [3.05, 3.63) is 88.0 Å². The van der Waals surface area contributed by atoms with Crippen molar-refractivity contribution in [2.75, 3.05) is 21.3 Å². The summed E-state index contributed by atoms with van der Waals surface area (Å²) in [6.07, 6.45) is 2.27. The number of nitrogens with zero attached hydrogens (tertiary/aromatic N) is 1. The number of hydrogen-bond acceptors (Lipinski definition) is 6.